The molecule has 9 nitrogen and oxygen atoms in total. The van der Waals surface area contributed by atoms with Crippen LogP contribution in [0, 0.1) is 0 Å². The Kier molecular flexibility index (Phi) is 5.75. The van der Waals surface area contributed by atoms with E-state index < -0.39 is 11.9 Å². The molecule has 1 amide bonds. The van der Waals surface area contributed by atoms with Crippen LogP contribution in [-0.2, 0) is 16.1 Å². The van der Waals surface area contributed by atoms with Crippen molar-refractivity contribution in [3.05, 3.63) is 46.5 Å². The number of fused-ring (bicyclic) bond motifs is 1. The van der Waals surface area contributed by atoms with Crippen LogP contribution < -0.4 is 15.8 Å². The summed E-state index contributed by atoms with van der Waals surface area (Å²) in [5.41, 5.74) is 0.903. The van der Waals surface area contributed by atoms with Crippen molar-refractivity contribution >= 4 is 44.4 Å². The van der Waals surface area contributed by atoms with Gasteiger partial charge in [0.2, 0.25) is 5.91 Å². The number of anilines is 2. The van der Waals surface area contributed by atoms with Crippen LogP contribution in [0.15, 0.2) is 35.4 Å². The van der Waals surface area contributed by atoms with Crippen molar-refractivity contribution in [3.63, 3.8) is 0 Å². The first kappa shape index (κ1) is 20.0. The Morgan fingerprint density at radius 1 is 1.27 bits per heavy atom. The maximum absolute atomic E-state index is 12.8. The zero-order chi connectivity index (χ0) is 21.1. The summed E-state index contributed by atoms with van der Waals surface area (Å²) in [5.74, 6) is -0.859. The fourth-order valence-electron chi connectivity index (χ4n) is 3.29. The maximum atomic E-state index is 12.8. The van der Waals surface area contributed by atoms with Gasteiger partial charge in [-0.05, 0) is 38.0 Å². The van der Waals surface area contributed by atoms with Gasteiger partial charge >= 0.3 is 5.97 Å². The number of carbonyl (C=O) groups is 2. The first-order valence-corrected chi connectivity index (χ1v) is 10.5. The van der Waals surface area contributed by atoms with Gasteiger partial charge in [0, 0.05) is 18.8 Å². The number of nitrogens with one attached hydrogen (secondary N) is 1. The number of hydrogen-bond donors (Lipinski definition) is 1. The molecule has 0 unspecified atom stereocenters. The molecule has 0 saturated carbocycles. The SMILES string of the molecule is CCOC(=O)c1cccc(NC(=O)Cn2cnc3nc(N4CCCC4)sc3c2=O)c1. The van der Waals surface area contributed by atoms with Gasteiger partial charge in [0.1, 0.15) is 17.6 Å². The van der Waals surface area contributed by atoms with Gasteiger partial charge in [-0.15, -0.1) is 0 Å². The average molecular weight is 427 g/mol. The van der Waals surface area contributed by atoms with Gasteiger partial charge in [-0.25, -0.2) is 9.78 Å². The van der Waals surface area contributed by atoms with Crippen LogP contribution in [0.2, 0.25) is 0 Å². The summed E-state index contributed by atoms with van der Waals surface area (Å²) in [6, 6.07) is 6.46. The number of nitrogens with zero attached hydrogens (tertiary/aromatic N) is 4. The molecule has 1 aliphatic rings. The third kappa shape index (κ3) is 4.18. The number of benzene rings is 1. The molecular weight excluding hydrogens is 406 g/mol. The van der Waals surface area contributed by atoms with E-state index in [4.69, 9.17) is 4.74 Å². The summed E-state index contributed by atoms with van der Waals surface area (Å²) in [6.45, 7) is 3.67. The predicted molar refractivity (Wildman–Crippen MR) is 114 cm³/mol. The number of amides is 1. The molecule has 1 aliphatic heterocycles. The van der Waals surface area contributed by atoms with Crippen LogP contribution in [0.4, 0.5) is 10.8 Å². The molecule has 30 heavy (non-hydrogen) atoms. The Hall–Kier alpha value is -3.27. The normalized spacial score (nSPS) is 13.6. The number of esters is 1. The Morgan fingerprint density at radius 2 is 2.07 bits per heavy atom. The highest BCUT2D eigenvalue weighted by Crippen LogP contribution is 2.27. The quantitative estimate of drug-likeness (QED) is 0.602. The molecule has 4 rings (SSSR count). The van der Waals surface area contributed by atoms with E-state index in [-0.39, 0.29) is 18.7 Å². The van der Waals surface area contributed by atoms with Crippen molar-refractivity contribution in [1.82, 2.24) is 14.5 Å². The molecule has 3 aromatic rings. The van der Waals surface area contributed by atoms with Gasteiger partial charge in [-0.3, -0.25) is 14.2 Å². The van der Waals surface area contributed by atoms with E-state index in [0.717, 1.165) is 31.1 Å². The number of rotatable bonds is 6. The summed E-state index contributed by atoms with van der Waals surface area (Å²) in [6.07, 6.45) is 3.57. The monoisotopic (exact) mass is 427 g/mol. The topological polar surface area (TPSA) is 106 Å². The number of hydrogen-bond acceptors (Lipinski definition) is 8. The second-order valence-electron chi connectivity index (χ2n) is 6.87. The fourth-order valence-corrected chi connectivity index (χ4v) is 4.31. The van der Waals surface area contributed by atoms with Gasteiger partial charge in [-0.2, -0.15) is 4.98 Å². The van der Waals surface area contributed by atoms with Gasteiger partial charge < -0.3 is 15.0 Å². The van der Waals surface area contributed by atoms with E-state index in [1.54, 1.807) is 25.1 Å². The molecule has 2 aromatic heterocycles. The number of carbonyl (C=O) groups excluding carboxylic acids is 2. The molecule has 0 aliphatic carbocycles. The van der Waals surface area contributed by atoms with E-state index in [2.05, 4.69) is 20.2 Å². The van der Waals surface area contributed by atoms with Crippen molar-refractivity contribution in [2.24, 2.45) is 0 Å². The molecule has 0 bridgehead atoms. The summed E-state index contributed by atoms with van der Waals surface area (Å²) >= 11 is 1.31. The lowest BCUT2D eigenvalue weighted by atomic mass is 10.2. The standard InChI is InChI=1S/C20H21N5O4S/c1-2-29-19(28)13-6-5-7-14(10-13)22-15(26)11-25-12-21-17-16(18(25)27)30-20(23-17)24-8-3-4-9-24/h5-7,10,12H,2-4,8-9,11H2,1H3,(H,22,26). The first-order chi connectivity index (χ1) is 14.5. The second-order valence-corrected chi connectivity index (χ2v) is 7.85. The molecule has 3 heterocycles. The van der Waals surface area contributed by atoms with Crippen molar-refractivity contribution in [2.45, 2.75) is 26.3 Å². The maximum Gasteiger partial charge on any atom is 0.338 e. The highest BCUT2D eigenvalue weighted by Gasteiger charge is 2.19. The lowest BCUT2D eigenvalue weighted by molar-refractivity contribution is -0.116. The van der Waals surface area contributed by atoms with Gasteiger partial charge in [0.25, 0.3) is 5.56 Å². The smallest absolute Gasteiger partial charge is 0.338 e. The average Bonchev–Trinajstić information content (AvgIpc) is 3.40. The molecule has 156 valence electrons. The van der Waals surface area contributed by atoms with E-state index in [1.807, 2.05) is 0 Å². The zero-order valence-corrected chi connectivity index (χ0v) is 17.3. The second kappa shape index (κ2) is 8.62. The molecular formula is C20H21N5O4S. The summed E-state index contributed by atoms with van der Waals surface area (Å²) in [7, 11) is 0. The Bertz CT molecular complexity index is 1150. The van der Waals surface area contributed by atoms with Crippen LogP contribution in [-0.4, -0.2) is 46.1 Å². The van der Waals surface area contributed by atoms with Crippen LogP contribution >= 0.6 is 11.3 Å². The number of aromatic nitrogens is 3. The Balaban J connectivity index is 1.49. The third-order valence-electron chi connectivity index (χ3n) is 4.72. The predicted octanol–water partition coefficient (Wildman–Crippen LogP) is 2.27. The van der Waals surface area contributed by atoms with Gasteiger partial charge in [0.05, 0.1) is 12.2 Å². The van der Waals surface area contributed by atoms with Crippen LogP contribution in [0.1, 0.15) is 30.1 Å². The number of thiazole rings is 1. The van der Waals surface area contributed by atoms with Crippen molar-refractivity contribution < 1.29 is 14.3 Å². The molecule has 1 N–H and O–H groups in total. The van der Waals surface area contributed by atoms with Gasteiger partial charge in [-0.1, -0.05) is 17.4 Å². The van der Waals surface area contributed by atoms with Crippen LogP contribution in [0.3, 0.4) is 0 Å². The minimum absolute atomic E-state index is 0.192. The lowest BCUT2D eigenvalue weighted by Gasteiger charge is -2.11. The molecule has 0 spiro atoms. The third-order valence-corrected chi connectivity index (χ3v) is 5.81. The van der Waals surface area contributed by atoms with Crippen LogP contribution in [0.25, 0.3) is 10.3 Å². The molecule has 1 saturated heterocycles. The van der Waals surface area contributed by atoms with E-state index in [0.29, 0.717) is 21.6 Å². The van der Waals surface area contributed by atoms with Crippen molar-refractivity contribution in [3.8, 4) is 0 Å². The Labute approximate surface area is 176 Å². The first-order valence-electron chi connectivity index (χ1n) is 9.73. The van der Waals surface area contributed by atoms with Gasteiger partial charge in [0.15, 0.2) is 10.8 Å². The lowest BCUT2D eigenvalue weighted by Crippen LogP contribution is -2.27. The number of ether oxygens (including phenoxy) is 1. The molecule has 0 radical (unpaired) electrons. The minimum atomic E-state index is -0.460. The van der Waals surface area contributed by atoms with Crippen molar-refractivity contribution in [2.75, 3.05) is 29.9 Å². The minimum Gasteiger partial charge on any atom is -0.462 e. The van der Waals surface area contributed by atoms with Crippen molar-refractivity contribution in [1.29, 1.82) is 0 Å². The Morgan fingerprint density at radius 3 is 2.83 bits per heavy atom. The molecule has 0 atom stereocenters. The summed E-state index contributed by atoms with van der Waals surface area (Å²) in [5, 5.41) is 3.49. The largest absolute Gasteiger partial charge is 0.462 e. The van der Waals surface area contributed by atoms with E-state index >= 15 is 0 Å². The molecule has 10 heteroatoms. The highest BCUT2D eigenvalue weighted by atomic mass is 32.1. The molecule has 1 fully saturated rings. The zero-order valence-electron chi connectivity index (χ0n) is 16.5. The summed E-state index contributed by atoms with van der Waals surface area (Å²) in [4.78, 5) is 48.0. The van der Waals surface area contributed by atoms with Crippen LogP contribution in [0.5, 0.6) is 0 Å². The highest BCUT2D eigenvalue weighted by molar-refractivity contribution is 7.22. The fraction of sp³-hybridized carbons (Fsp3) is 0.350. The molecule has 1 aromatic carbocycles. The van der Waals surface area contributed by atoms with E-state index in [9.17, 15) is 14.4 Å². The summed E-state index contributed by atoms with van der Waals surface area (Å²) < 4.78 is 6.67. The van der Waals surface area contributed by atoms with E-state index in [1.165, 1.54) is 28.3 Å².